The molecule has 14 heavy (non-hydrogen) atoms. The number of carboxylic acid groups (broad SMARTS) is 1. The van der Waals surface area contributed by atoms with Gasteiger partial charge in [-0.1, -0.05) is 12.1 Å². The van der Waals surface area contributed by atoms with Crippen molar-refractivity contribution in [3.05, 3.63) is 35.1 Å². The Morgan fingerprint density at radius 1 is 1.43 bits per heavy atom. The minimum absolute atomic E-state index is 0.257. The van der Waals surface area contributed by atoms with Gasteiger partial charge in [0.1, 0.15) is 5.82 Å². The van der Waals surface area contributed by atoms with Gasteiger partial charge in [0.15, 0.2) is 0 Å². The molecule has 0 fully saturated rings. The Labute approximate surface area is 82.4 Å². The number of hydrogen-bond donors (Lipinski definition) is 1. The second-order valence-electron chi connectivity index (χ2n) is 3.86. The maximum atomic E-state index is 13.4. The third-order valence-electron chi connectivity index (χ3n) is 2.38. The number of carbonyl (C=O) groups is 1. The summed E-state index contributed by atoms with van der Waals surface area (Å²) in [6.45, 7) is 4.71. The minimum Gasteiger partial charge on any atom is -0.481 e. The quantitative estimate of drug-likeness (QED) is 0.789. The molecule has 0 heterocycles. The molecule has 2 nitrogen and oxygen atoms in total. The van der Waals surface area contributed by atoms with Crippen molar-refractivity contribution in [3.63, 3.8) is 0 Å². The van der Waals surface area contributed by atoms with Gasteiger partial charge in [-0.3, -0.25) is 4.79 Å². The van der Waals surface area contributed by atoms with Gasteiger partial charge >= 0.3 is 5.97 Å². The summed E-state index contributed by atoms with van der Waals surface area (Å²) in [5.41, 5.74) is -0.264. The van der Waals surface area contributed by atoms with E-state index in [1.54, 1.807) is 19.1 Å². The minimum atomic E-state index is -1.19. The van der Waals surface area contributed by atoms with Crippen LogP contribution in [0.1, 0.15) is 25.0 Å². The molecule has 0 aromatic heterocycles. The van der Waals surface area contributed by atoms with Crippen molar-refractivity contribution >= 4 is 5.97 Å². The van der Waals surface area contributed by atoms with E-state index in [4.69, 9.17) is 5.11 Å². The van der Waals surface area contributed by atoms with Crippen LogP contribution in [0.25, 0.3) is 0 Å². The van der Waals surface area contributed by atoms with E-state index in [1.165, 1.54) is 19.9 Å². The van der Waals surface area contributed by atoms with Gasteiger partial charge < -0.3 is 5.11 Å². The molecule has 1 aromatic carbocycles. The molecule has 0 aliphatic rings. The lowest BCUT2D eigenvalue weighted by molar-refractivity contribution is -0.142. The SMILES string of the molecule is Cc1cccc(F)c1C(C)(C)C(=O)O. The molecule has 0 amide bonds. The third-order valence-corrected chi connectivity index (χ3v) is 2.38. The zero-order valence-corrected chi connectivity index (χ0v) is 8.47. The van der Waals surface area contributed by atoms with E-state index in [1.807, 2.05) is 0 Å². The van der Waals surface area contributed by atoms with Crippen molar-refractivity contribution in [1.29, 1.82) is 0 Å². The Morgan fingerprint density at radius 3 is 2.43 bits per heavy atom. The number of benzene rings is 1. The molecule has 0 unspecified atom stereocenters. The fraction of sp³-hybridized carbons (Fsp3) is 0.364. The van der Waals surface area contributed by atoms with Crippen LogP contribution in [0.4, 0.5) is 4.39 Å². The molecular formula is C11H13FO2. The zero-order chi connectivity index (χ0) is 10.9. The number of carboxylic acids is 1. The molecule has 0 aliphatic heterocycles. The summed E-state index contributed by atoms with van der Waals surface area (Å²) in [5, 5.41) is 8.98. The van der Waals surface area contributed by atoms with Gasteiger partial charge in [-0.2, -0.15) is 0 Å². The number of rotatable bonds is 2. The van der Waals surface area contributed by atoms with E-state index < -0.39 is 17.2 Å². The maximum absolute atomic E-state index is 13.4. The van der Waals surface area contributed by atoms with E-state index in [0.29, 0.717) is 5.56 Å². The summed E-state index contributed by atoms with van der Waals surface area (Å²) in [5.74, 6) is -1.48. The van der Waals surface area contributed by atoms with Gasteiger partial charge in [0.25, 0.3) is 0 Å². The van der Waals surface area contributed by atoms with E-state index >= 15 is 0 Å². The Bertz CT molecular complexity index is 349. The predicted molar refractivity (Wildman–Crippen MR) is 51.8 cm³/mol. The van der Waals surface area contributed by atoms with E-state index in [-0.39, 0.29) is 5.56 Å². The lowest BCUT2D eigenvalue weighted by Gasteiger charge is -2.22. The van der Waals surface area contributed by atoms with Crippen LogP contribution in [0, 0.1) is 12.7 Å². The second-order valence-corrected chi connectivity index (χ2v) is 3.86. The lowest BCUT2D eigenvalue weighted by Crippen LogP contribution is -2.30. The molecule has 0 aliphatic carbocycles. The summed E-state index contributed by atoms with van der Waals surface area (Å²) in [7, 11) is 0. The molecule has 0 spiro atoms. The number of aliphatic carboxylic acids is 1. The molecule has 3 heteroatoms. The fourth-order valence-corrected chi connectivity index (χ4v) is 1.53. The van der Waals surface area contributed by atoms with Crippen molar-refractivity contribution < 1.29 is 14.3 Å². The highest BCUT2D eigenvalue weighted by molar-refractivity contribution is 5.80. The van der Waals surface area contributed by atoms with Crippen molar-refractivity contribution in [3.8, 4) is 0 Å². The molecule has 0 saturated heterocycles. The van der Waals surface area contributed by atoms with Crippen molar-refractivity contribution in [2.45, 2.75) is 26.2 Å². The van der Waals surface area contributed by atoms with E-state index in [2.05, 4.69) is 0 Å². The summed E-state index contributed by atoms with van der Waals surface area (Å²) >= 11 is 0. The van der Waals surface area contributed by atoms with Crippen LogP contribution in [0.15, 0.2) is 18.2 Å². The number of halogens is 1. The molecule has 0 atom stereocenters. The Hall–Kier alpha value is -1.38. The topological polar surface area (TPSA) is 37.3 Å². The van der Waals surface area contributed by atoms with Crippen molar-refractivity contribution in [1.82, 2.24) is 0 Å². The highest BCUT2D eigenvalue weighted by atomic mass is 19.1. The molecule has 76 valence electrons. The number of hydrogen-bond acceptors (Lipinski definition) is 1. The van der Waals surface area contributed by atoms with E-state index in [0.717, 1.165) is 0 Å². The first-order valence-electron chi connectivity index (χ1n) is 4.36. The second kappa shape index (κ2) is 3.40. The molecular weight excluding hydrogens is 183 g/mol. The van der Waals surface area contributed by atoms with E-state index in [9.17, 15) is 9.18 Å². The van der Waals surface area contributed by atoms with Crippen LogP contribution >= 0.6 is 0 Å². The smallest absolute Gasteiger partial charge is 0.313 e. The summed E-state index contributed by atoms with van der Waals surface area (Å²) in [6.07, 6.45) is 0. The molecule has 0 bridgehead atoms. The Balaban J connectivity index is 3.38. The summed E-state index contributed by atoms with van der Waals surface area (Å²) < 4.78 is 13.4. The van der Waals surface area contributed by atoms with Crippen LogP contribution in [-0.4, -0.2) is 11.1 Å². The largest absolute Gasteiger partial charge is 0.481 e. The summed E-state index contributed by atoms with van der Waals surface area (Å²) in [6, 6.07) is 4.57. The fourth-order valence-electron chi connectivity index (χ4n) is 1.53. The maximum Gasteiger partial charge on any atom is 0.313 e. The van der Waals surface area contributed by atoms with Gasteiger partial charge in [0.2, 0.25) is 0 Å². The average molecular weight is 196 g/mol. The summed E-state index contributed by atoms with van der Waals surface area (Å²) in [4.78, 5) is 11.0. The van der Waals surface area contributed by atoms with Crippen LogP contribution in [0.3, 0.4) is 0 Å². The third kappa shape index (κ3) is 1.62. The lowest BCUT2D eigenvalue weighted by atomic mass is 9.82. The highest BCUT2D eigenvalue weighted by Gasteiger charge is 2.33. The first kappa shape index (κ1) is 10.7. The van der Waals surface area contributed by atoms with Gasteiger partial charge in [0.05, 0.1) is 5.41 Å². The molecule has 1 rings (SSSR count). The normalized spacial score (nSPS) is 11.4. The predicted octanol–water partition coefficient (Wildman–Crippen LogP) is 2.50. The monoisotopic (exact) mass is 196 g/mol. The standard InChI is InChI=1S/C11H13FO2/c1-7-5-4-6-8(12)9(7)11(2,3)10(13)14/h4-6H,1-3H3,(H,13,14). The Morgan fingerprint density at radius 2 is 2.00 bits per heavy atom. The first-order chi connectivity index (χ1) is 6.37. The average Bonchev–Trinajstić information content (AvgIpc) is 2.02. The number of aryl methyl sites for hydroxylation is 1. The van der Waals surface area contributed by atoms with Crippen LogP contribution in [0.2, 0.25) is 0 Å². The first-order valence-corrected chi connectivity index (χ1v) is 4.36. The van der Waals surface area contributed by atoms with Crippen LogP contribution < -0.4 is 0 Å². The Kier molecular flexibility index (Phi) is 2.60. The van der Waals surface area contributed by atoms with Gasteiger partial charge in [0, 0.05) is 5.56 Å². The van der Waals surface area contributed by atoms with Crippen LogP contribution in [0.5, 0.6) is 0 Å². The molecule has 1 N–H and O–H groups in total. The van der Waals surface area contributed by atoms with Crippen molar-refractivity contribution in [2.75, 3.05) is 0 Å². The van der Waals surface area contributed by atoms with Gasteiger partial charge in [-0.05, 0) is 32.4 Å². The van der Waals surface area contributed by atoms with Crippen molar-refractivity contribution in [2.24, 2.45) is 0 Å². The molecule has 1 aromatic rings. The highest BCUT2D eigenvalue weighted by Crippen LogP contribution is 2.28. The van der Waals surface area contributed by atoms with Crippen LogP contribution in [-0.2, 0) is 10.2 Å². The molecule has 0 saturated carbocycles. The van der Waals surface area contributed by atoms with Gasteiger partial charge in [-0.15, -0.1) is 0 Å². The zero-order valence-electron chi connectivity index (χ0n) is 8.47. The molecule has 0 radical (unpaired) electrons. The van der Waals surface area contributed by atoms with Gasteiger partial charge in [-0.25, -0.2) is 4.39 Å².